The van der Waals surface area contributed by atoms with Crippen LogP contribution in [-0.2, 0) is 19.1 Å². The lowest BCUT2D eigenvalue weighted by Crippen LogP contribution is -2.21. The van der Waals surface area contributed by atoms with E-state index in [0.717, 1.165) is 5.75 Å². The standard InChI is InChI=1S/C21H22Cl2N2O5/c1-2-29-16-9-7-15(8-10-16)24-19(26)4-3-5-21(28)30-13-20(27)25-18-12-14(22)6-11-17(18)23/h6-12H,2-5,13H2,1H3,(H,24,26)(H,25,27). The lowest BCUT2D eigenvalue weighted by Gasteiger charge is -2.09. The Morgan fingerprint density at radius 2 is 1.67 bits per heavy atom. The summed E-state index contributed by atoms with van der Waals surface area (Å²) in [6.45, 7) is 2.00. The molecule has 0 fully saturated rings. The van der Waals surface area contributed by atoms with Gasteiger partial charge in [0, 0.05) is 23.6 Å². The van der Waals surface area contributed by atoms with Gasteiger partial charge in [-0.25, -0.2) is 0 Å². The lowest BCUT2D eigenvalue weighted by molar-refractivity contribution is -0.147. The third-order valence-electron chi connectivity index (χ3n) is 3.80. The fourth-order valence-electron chi connectivity index (χ4n) is 2.42. The molecule has 0 heterocycles. The highest BCUT2D eigenvalue weighted by molar-refractivity contribution is 6.35. The summed E-state index contributed by atoms with van der Waals surface area (Å²) >= 11 is 11.8. The molecule has 2 N–H and O–H groups in total. The number of esters is 1. The Bertz CT molecular complexity index is 887. The van der Waals surface area contributed by atoms with E-state index in [1.165, 1.54) is 6.07 Å². The first-order valence-corrected chi connectivity index (χ1v) is 10.1. The second-order valence-electron chi connectivity index (χ2n) is 6.19. The van der Waals surface area contributed by atoms with Crippen LogP contribution < -0.4 is 15.4 Å². The van der Waals surface area contributed by atoms with Crippen LogP contribution >= 0.6 is 23.2 Å². The van der Waals surface area contributed by atoms with Crippen molar-refractivity contribution in [3.05, 3.63) is 52.5 Å². The summed E-state index contributed by atoms with van der Waals surface area (Å²) in [5.74, 6) is -0.614. The predicted molar refractivity (Wildman–Crippen MR) is 116 cm³/mol. The molecular weight excluding hydrogens is 431 g/mol. The molecule has 160 valence electrons. The molecule has 30 heavy (non-hydrogen) atoms. The first-order chi connectivity index (χ1) is 14.4. The van der Waals surface area contributed by atoms with E-state index in [1.54, 1.807) is 36.4 Å². The second-order valence-corrected chi connectivity index (χ2v) is 7.04. The fraction of sp³-hybridized carbons (Fsp3) is 0.286. The topological polar surface area (TPSA) is 93.7 Å². The zero-order valence-corrected chi connectivity index (χ0v) is 17.9. The number of benzene rings is 2. The Labute approximate surface area is 184 Å². The van der Waals surface area contributed by atoms with E-state index in [-0.39, 0.29) is 18.7 Å². The number of rotatable bonds is 10. The third kappa shape index (κ3) is 8.31. The van der Waals surface area contributed by atoms with E-state index >= 15 is 0 Å². The monoisotopic (exact) mass is 452 g/mol. The van der Waals surface area contributed by atoms with Crippen molar-refractivity contribution in [2.45, 2.75) is 26.2 Å². The number of hydrogen-bond acceptors (Lipinski definition) is 5. The highest BCUT2D eigenvalue weighted by atomic mass is 35.5. The molecule has 0 aliphatic carbocycles. The van der Waals surface area contributed by atoms with Crippen molar-refractivity contribution >= 4 is 52.4 Å². The second kappa shape index (κ2) is 12.0. The van der Waals surface area contributed by atoms with Crippen LogP contribution in [0, 0.1) is 0 Å². The average molecular weight is 453 g/mol. The summed E-state index contributed by atoms with van der Waals surface area (Å²) in [5.41, 5.74) is 0.971. The molecule has 0 spiro atoms. The highest BCUT2D eigenvalue weighted by Crippen LogP contribution is 2.25. The largest absolute Gasteiger partial charge is 0.494 e. The quantitative estimate of drug-likeness (QED) is 0.510. The number of carbonyl (C=O) groups is 3. The summed E-state index contributed by atoms with van der Waals surface area (Å²) in [7, 11) is 0. The third-order valence-corrected chi connectivity index (χ3v) is 4.37. The van der Waals surface area contributed by atoms with Crippen molar-refractivity contribution in [1.82, 2.24) is 0 Å². The molecule has 0 aliphatic heterocycles. The van der Waals surface area contributed by atoms with Gasteiger partial charge in [0.1, 0.15) is 5.75 Å². The lowest BCUT2D eigenvalue weighted by atomic mass is 10.2. The minimum Gasteiger partial charge on any atom is -0.494 e. The number of ether oxygens (including phenoxy) is 2. The minimum atomic E-state index is -0.573. The van der Waals surface area contributed by atoms with Crippen molar-refractivity contribution in [3.8, 4) is 5.75 Å². The molecule has 2 amide bonds. The summed E-state index contributed by atoms with van der Waals surface area (Å²) in [6.07, 6.45) is 0.456. The molecule has 0 radical (unpaired) electrons. The van der Waals surface area contributed by atoms with Gasteiger partial charge in [-0.2, -0.15) is 0 Å². The van der Waals surface area contributed by atoms with Gasteiger partial charge in [0.15, 0.2) is 6.61 Å². The molecular formula is C21H22Cl2N2O5. The van der Waals surface area contributed by atoms with Gasteiger partial charge in [-0.1, -0.05) is 23.2 Å². The maximum Gasteiger partial charge on any atom is 0.306 e. The van der Waals surface area contributed by atoms with Crippen molar-refractivity contribution in [3.63, 3.8) is 0 Å². The maximum absolute atomic E-state index is 12.0. The van der Waals surface area contributed by atoms with Crippen LogP contribution in [0.1, 0.15) is 26.2 Å². The van der Waals surface area contributed by atoms with Crippen LogP contribution in [0.15, 0.2) is 42.5 Å². The SMILES string of the molecule is CCOc1ccc(NC(=O)CCCC(=O)OCC(=O)Nc2cc(Cl)ccc2Cl)cc1. The summed E-state index contributed by atoms with van der Waals surface area (Å²) in [6, 6.07) is 11.6. The van der Waals surface area contributed by atoms with E-state index in [4.69, 9.17) is 32.7 Å². The van der Waals surface area contributed by atoms with Gasteiger partial charge in [-0.15, -0.1) is 0 Å². The Morgan fingerprint density at radius 1 is 0.933 bits per heavy atom. The van der Waals surface area contributed by atoms with Crippen molar-refractivity contribution in [1.29, 1.82) is 0 Å². The predicted octanol–water partition coefficient (Wildman–Crippen LogP) is 4.68. The molecule has 2 aromatic carbocycles. The smallest absolute Gasteiger partial charge is 0.306 e. The van der Waals surface area contributed by atoms with Crippen molar-refractivity contribution in [2.24, 2.45) is 0 Å². The number of anilines is 2. The van der Waals surface area contributed by atoms with Crippen LogP contribution in [0.3, 0.4) is 0 Å². The van der Waals surface area contributed by atoms with Crippen molar-refractivity contribution < 1.29 is 23.9 Å². The van der Waals surface area contributed by atoms with Gasteiger partial charge in [-0.05, 0) is 55.8 Å². The van der Waals surface area contributed by atoms with E-state index in [0.29, 0.717) is 34.4 Å². The fourth-order valence-corrected chi connectivity index (χ4v) is 2.75. The highest BCUT2D eigenvalue weighted by Gasteiger charge is 2.11. The van der Waals surface area contributed by atoms with Gasteiger partial charge < -0.3 is 20.1 Å². The minimum absolute atomic E-state index is 0.0158. The Kier molecular flexibility index (Phi) is 9.44. The number of hydrogen-bond donors (Lipinski definition) is 2. The molecule has 0 saturated heterocycles. The van der Waals surface area contributed by atoms with Gasteiger partial charge in [-0.3, -0.25) is 14.4 Å². The van der Waals surface area contributed by atoms with Crippen molar-refractivity contribution in [2.75, 3.05) is 23.8 Å². The summed E-state index contributed by atoms with van der Waals surface area (Å²) in [5, 5.41) is 5.98. The van der Waals surface area contributed by atoms with Crippen LogP contribution in [-0.4, -0.2) is 31.0 Å². The zero-order chi connectivity index (χ0) is 21.9. The molecule has 0 atom stereocenters. The number of nitrogens with one attached hydrogen (secondary N) is 2. The van der Waals surface area contributed by atoms with Crippen LogP contribution in [0.25, 0.3) is 0 Å². The molecule has 2 rings (SSSR count). The molecule has 9 heteroatoms. The zero-order valence-electron chi connectivity index (χ0n) is 16.4. The normalized spacial score (nSPS) is 10.2. The van der Waals surface area contributed by atoms with Gasteiger partial charge >= 0.3 is 5.97 Å². The molecule has 2 aromatic rings. The maximum atomic E-state index is 12.0. The van der Waals surface area contributed by atoms with Crippen LogP contribution in [0.5, 0.6) is 5.75 Å². The molecule has 0 saturated carbocycles. The van der Waals surface area contributed by atoms with E-state index in [2.05, 4.69) is 10.6 Å². The number of halogens is 2. The summed E-state index contributed by atoms with van der Waals surface area (Å²) < 4.78 is 10.2. The van der Waals surface area contributed by atoms with Gasteiger partial charge in [0.25, 0.3) is 5.91 Å². The Hall–Kier alpha value is -2.77. The number of carbonyl (C=O) groups excluding carboxylic acids is 3. The van der Waals surface area contributed by atoms with E-state index in [1.807, 2.05) is 6.92 Å². The Balaban J connectivity index is 1.65. The molecule has 0 aromatic heterocycles. The molecule has 7 nitrogen and oxygen atoms in total. The number of amides is 2. The van der Waals surface area contributed by atoms with Gasteiger partial charge in [0.05, 0.1) is 17.3 Å². The first-order valence-electron chi connectivity index (χ1n) is 9.30. The molecule has 0 unspecified atom stereocenters. The average Bonchev–Trinajstić information content (AvgIpc) is 2.71. The first kappa shape index (κ1) is 23.5. The van der Waals surface area contributed by atoms with Gasteiger partial charge in [0.2, 0.25) is 5.91 Å². The van der Waals surface area contributed by atoms with Crippen LogP contribution in [0.2, 0.25) is 10.0 Å². The van der Waals surface area contributed by atoms with E-state index in [9.17, 15) is 14.4 Å². The van der Waals surface area contributed by atoms with E-state index < -0.39 is 18.5 Å². The molecule has 0 bridgehead atoms. The molecule has 0 aliphatic rings. The Morgan fingerprint density at radius 3 is 2.37 bits per heavy atom. The van der Waals surface area contributed by atoms with Crippen LogP contribution in [0.4, 0.5) is 11.4 Å². The summed E-state index contributed by atoms with van der Waals surface area (Å²) in [4.78, 5) is 35.6.